The number of aromatic nitrogens is 1. The van der Waals surface area contributed by atoms with E-state index in [1.54, 1.807) is 24.3 Å². The number of carboxylic acids is 1. The number of aliphatic carboxylic acids is 1. The van der Waals surface area contributed by atoms with Gasteiger partial charge < -0.3 is 9.84 Å². The first-order chi connectivity index (χ1) is 13.2. The number of ether oxygens (including phenoxy) is 1. The number of carboxylic acid groups (broad SMARTS) is 1. The number of thiazole rings is 1. The number of amides is 1. The van der Waals surface area contributed by atoms with Crippen LogP contribution in [0.15, 0.2) is 30.3 Å². The number of benzene rings is 2. The van der Waals surface area contributed by atoms with Crippen LogP contribution >= 0.6 is 34.5 Å². The number of nitrogens with zero attached hydrogens (tertiary/aromatic N) is 2. The number of carbonyl (C=O) groups is 2. The molecule has 2 aromatic carbocycles. The molecule has 1 amide bonds. The normalized spacial score (nSPS) is 18.9. The smallest absolute Gasteiger partial charge is 0.307 e. The summed E-state index contributed by atoms with van der Waals surface area (Å²) in [7, 11) is 0. The zero-order valence-electron chi connectivity index (χ0n) is 14.8. The van der Waals surface area contributed by atoms with Crippen molar-refractivity contribution in [1.29, 1.82) is 0 Å². The van der Waals surface area contributed by atoms with Crippen molar-refractivity contribution in [2.45, 2.75) is 25.9 Å². The number of aryl methyl sites for hydroxylation is 1. The minimum atomic E-state index is -1.56. The summed E-state index contributed by atoms with van der Waals surface area (Å²) < 4.78 is 6.54. The van der Waals surface area contributed by atoms with Gasteiger partial charge in [0, 0.05) is 5.02 Å². The molecule has 4 rings (SSSR count). The summed E-state index contributed by atoms with van der Waals surface area (Å²) in [6.45, 7) is 3.32. The van der Waals surface area contributed by atoms with Crippen LogP contribution in [0.1, 0.15) is 18.9 Å². The van der Waals surface area contributed by atoms with E-state index in [1.807, 2.05) is 13.0 Å². The molecule has 2 heterocycles. The molecule has 0 spiro atoms. The summed E-state index contributed by atoms with van der Waals surface area (Å²) in [6.07, 6.45) is -0.479. The summed E-state index contributed by atoms with van der Waals surface area (Å²) in [6, 6.07) is 8.63. The number of anilines is 2. The van der Waals surface area contributed by atoms with Gasteiger partial charge in [-0.1, -0.05) is 46.7 Å². The van der Waals surface area contributed by atoms with E-state index < -0.39 is 23.9 Å². The fourth-order valence-electron chi connectivity index (χ4n) is 3.25. The molecule has 6 nitrogen and oxygen atoms in total. The first-order valence-electron chi connectivity index (χ1n) is 8.30. The van der Waals surface area contributed by atoms with Crippen molar-refractivity contribution in [2.75, 3.05) is 4.90 Å². The average Bonchev–Trinajstić information content (AvgIpc) is 3.00. The Labute approximate surface area is 174 Å². The van der Waals surface area contributed by atoms with Crippen LogP contribution in [0.4, 0.5) is 10.8 Å². The quantitative estimate of drug-likeness (QED) is 0.609. The third-order valence-electron chi connectivity index (χ3n) is 4.49. The van der Waals surface area contributed by atoms with E-state index in [2.05, 4.69) is 4.98 Å². The maximum absolute atomic E-state index is 13.4. The van der Waals surface area contributed by atoms with Crippen molar-refractivity contribution >= 4 is 67.5 Å². The summed E-state index contributed by atoms with van der Waals surface area (Å²) in [5.41, 5.74) is 0.335. The molecule has 1 N–H and O–H groups in total. The molecule has 1 aromatic heterocycles. The number of hydrogen-bond acceptors (Lipinski definition) is 5. The molecule has 0 radical (unpaired) electrons. The monoisotopic (exact) mass is 436 g/mol. The fourth-order valence-corrected chi connectivity index (χ4v) is 4.81. The Morgan fingerprint density at radius 1 is 1.36 bits per heavy atom. The number of para-hydroxylation sites is 1. The largest absolute Gasteiger partial charge is 0.481 e. The highest BCUT2D eigenvalue weighted by Crippen LogP contribution is 2.47. The molecule has 1 aliphatic rings. The molecule has 1 unspecified atom stereocenters. The van der Waals surface area contributed by atoms with E-state index in [4.69, 9.17) is 27.9 Å². The van der Waals surface area contributed by atoms with Crippen molar-refractivity contribution in [3.05, 3.63) is 45.9 Å². The van der Waals surface area contributed by atoms with Gasteiger partial charge in [0.05, 0.1) is 27.3 Å². The third kappa shape index (κ3) is 2.99. The molecule has 0 fully saturated rings. The van der Waals surface area contributed by atoms with Crippen LogP contribution in [0.5, 0.6) is 5.75 Å². The van der Waals surface area contributed by atoms with Gasteiger partial charge in [-0.25, -0.2) is 9.88 Å². The number of rotatable bonds is 3. The van der Waals surface area contributed by atoms with Crippen LogP contribution < -0.4 is 9.64 Å². The summed E-state index contributed by atoms with van der Waals surface area (Å²) in [4.78, 5) is 30.7. The molecule has 0 saturated carbocycles. The van der Waals surface area contributed by atoms with Gasteiger partial charge in [0.15, 0.2) is 10.7 Å². The zero-order chi connectivity index (χ0) is 20.2. The van der Waals surface area contributed by atoms with Crippen LogP contribution in [0.25, 0.3) is 10.2 Å². The molecule has 28 heavy (non-hydrogen) atoms. The molecule has 1 atom stereocenters. The third-order valence-corrected chi connectivity index (χ3v) is 6.21. The van der Waals surface area contributed by atoms with Crippen LogP contribution in [0, 0.1) is 6.92 Å². The maximum atomic E-state index is 13.4. The lowest BCUT2D eigenvalue weighted by atomic mass is 9.96. The molecule has 0 saturated heterocycles. The second-order valence-corrected chi connectivity index (χ2v) is 8.52. The first-order valence-corrected chi connectivity index (χ1v) is 9.87. The summed E-state index contributed by atoms with van der Waals surface area (Å²) >= 11 is 13.6. The highest BCUT2D eigenvalue weighted by Gasteiger charge is 2.48. The fraction of sp³-hybridized carbons (Fsp3) is 0.211. The predicted octanol–water partition coefficient (Wildman–Crippen LogP) is 5.20. The van der Waals surface area contributed by atoms with Crippen LogP contribution in [0.3, 0.4) is 0 Å². The van der Waals surface area contributed by atoms with Gasteiger partial charge in [0.2, 0.25) is 0 Å². The standard InChI is InChI=1S/C19H14Cl2N2O4S/c1-9-4-3-5-13-15(9)23(17(26)19(2,27-13)8-14(24)25)18-22-12-7-10(20)6-11(21)16(12)28-18/h3-7H,8H2,1-2H3,(H,24,25). The van der Waals surface area contributed by atoms with Gasteiger partial charge in [-0.15, -0.1) is 0 Å². The van der Waals surface area contributed by atoms with Crippen molar-refractivity contribution in [3.63, 3.8) is 0 Å². The Morgan fingerprint density at radius 2 is 2.11 bits per heavy atom. The average molecular weight is 437 g/mol. The minimum Gasteiger partial charge on any atom is -0.481 e. The first kappa shape index (κ1) is 19.0. The van der Waals surface area contributed by atoms with Crippen LogP contribution in [0.2, 0.25) is 10.0 Å². The Balaban J connectivity index is 1.95. The van der Waals surface area contributed by atoms with E-state index in [9.17, 15) is 14.7 Å². The second kappa shape index (κ2) is 6.62. The van der Waals surface area contributed by atoms with Gasteiger partial charge in [-0.05, 0) is 37.6 Å². The maximum Gasteiger partial charge on any atom is 0.307 e. The van der Waals surface area contributed by atoms with E-state index in [1.165, 1.54) is 23.2 Å². The number of fused-ring (bicyclic) bond motifs is 2. The van der Waals surface area contributed by atoms with Gasteiger partial charge in [-0.2, -0.15) is 0 Å². The SMILES string of the molecule is Cc1cccc2c1N(c1nc3cc(Cl)cc(Cl)c3s1)C(=O)C(C)(CC(=O)O)O2. The number of carbonyl (C=O) groups excluding carboxylic acids is 1. The highest BCUT2D eigenvalue weighted by atomic mass is 35.5. The Hall–Kier alpha value is -2.35. The van der Waals surface area contributed by atoms with E-state index in [0.29, 0.717) is 36.8 Å². The summed E-state index contributed by atoms with van der Waals surface area (Å²) in [5.74, 6) is -1.21. The molecule has 0 aliphatic carbocycles. The lowest BCUT2D eigenvalue weighted by Crippen LogP contribution is -2.54. The van der Waals surface area contributed by atoms with Crippen molar-refractivity contribution in [2.24, 2.45) is 0 Å². The second-order valence-electron chi connectivity index (χ2n) is 6.70. The molecular formula is C19H14Cl2N2O4S. The number of halogens is 2. The summed E-state index contributed by atoms with van der Waals surface area (Å²) in [5, 5.41) is 10.5. The molecule has 1 aliphatic heterocycles. The Bertz CT molecular complexity index is 1150. The molecule has 3 aromatic rings. The Morgan fingerprint density at radius 3 is 2.82 bits per heavy atom. The highest BCUT2D eigenvalue weighted by molar-refractivity contribution is 7.23. The topological polar surface area (TPSA) is 79.7 Å². The lowest BCUT2D eigenvalue weighted by Gasteiger charge is -2.39. The molecule has 9 heteroatoms. The van der Waals surface area contributed by atoms with Gasteiger partial charge in [0.1, 0.15) is 5.75 Å². The predicted molar refractivity (Wildman–Crippen MR) is 109 cm³/mol. The Kier molecular flexibility index (Phi) is 4.49. The molecule has 0 bridgehead atoms. The molecular weight excluding hydrogens is 423 g/mol. The van der Waals surface area contributed by atoms with Crippen LogP contribution in [-0.4, -0.2) is 27.6 Å². The molecule has 144 valence electrons. The van der Waals surface area contributed by atoms with E-state index in [0.717, 1.165) is 5.56 Å². The van der Waals surface area contributed by atoms with E-state index in [-0.39, 0.29) is 0 Å². The van der Waals surface area contributed by atoms with E-state index >= 15 is 0 Å². The van der Waals surface area contributed by atoms with Crippen molar-refractivity contribution in [1.82, 2.24) is 4.98 Å². The van der Waals surface area contributed by atoms with Gasteiger partial charge in [-0.3, -0.25) is 9.59 Å². The van der Waals surface area contributed by atoms with Gasteiger partial charge >= 0.3 is 5.97 Å². The minimum absolute atomic E-state index is 0.375. The van der Waals surface area contributed by atoms with Crippen LogP contribution in [-0.2, 0) is 9.59 Å². The zero-order valence-corrected chi connectivity index (χ0v) is 17.2. The van der Waals surface area contributed by atoms with Crippen molar-refractivity contribution in [3.8, 4) is 5.75 Å². The number of hydrogen-bond donors (Lipinski definition) is 1. The van der Waals surface area contributed by atoms with Gasteiger partial charge in [0.25, 0.3) is 5.91 Å². The lowest BCUT2D eigenvalue weighted by molar-refractivity contribution is -0.148. The van der Waals surface area contributed by atoms with Crippen molar-refractivity contribution < 1.29 is 19.4 Å².